The number of hydroxylamine groups is 2. The number of aromatic amines is 1. The van der Waals surface area contributed by atoms with E-state index in [1.807, 2.05) is 30.3 Å². The summed E-state index contributed by atoms with van der Waals surface area (Å²) in [5.74, 6) is -1.22. The number of rotatable bonds is 10. The zero-order chi connectivity index (χ0) is 28.9. The van der Waals surface area contributed by atoms with E-state index in [1.54, 1.807) is 13.8 Å². The molecule has 208 valence electrons. The fraction of sp³-hybridized carbons (Fsp3) is 0.250. The predicted octanol–water partition coefficient (Wildman–Crippen LogP) is 3.87. The predicted molar refractivity (Wildman–Crippen MR) is 152 cm³/mol. The van der Waals surface area contributed by atoms with Gasteiger partial charge in [0.25, 0.3) is 17.4 Å². The van der Waals surface area contributed by atoms with E-state index in [-0.39, 0.29) is 46.5 Å². The quantitative estimate of drug-likeness (QED) is 0.143. The summed E-state index contributed by atoms with van der Waals surface area (Å²) in [7, 11) is 0. The van der Waals surface area contributed by atoms with E-state index in [1.165, 1.54) is 30.5 Å². The van der Waals surface area contributed by atoms with Crippen LogP contribution in [0.1, 0.15) is 46.5 Å². The number of benzene rings is 2. The van der Waals surface area contributed by atoms with Crippen LogP contribution in [0.3, 0.4) is 0 Å². The molecule has 0 aliphatic carbocycles. The molecule has 0 aliphatic heterocycles. The highest BCUT2D eigenvalue weighted by Crippen LogP contribution is 2.24. The van der Waals surface area contributed by atoms with E-state index in [4.69, 9.17) is 11.6 Å². The zero-order valence-electron chi connectivity index (χ0n) is 21.9. The van der Waals surface area contributed by atoms with Crippen LogP contribution >= 0.6 is 11.6 Å². The van der Waals surface area contributed by atoms with Gasteiger partial charge in [0.15, 0.2) is 0 Å². The highest BCUT2D eigenvalue weighted by molar-refractivity contribution is 6.34. The lowest BCUT2D eigenvalue weighted by molar-refractivity contribution is -0.0584. The third kappa shape index (κ3) is 7.41. The van der Waals surface area contributed by atoms with Crippen LogP contribution in [-0.4, -0.2) is 60.8 Å². The molecule has 5 N–H and O–H groups in total. The molecule has 2 aromatic carbocycles. The SMILES string of the molecule is CC(C)(O)CNc1ncc2cc(C(=O)Nc3cc(C(=O)N(O)CCCc4ccccc4)ccc3Cl)c(=O)[nH]c2n1. The molecule has 0 saturated carbocycles. The van der Waals surface area contributed by atoms with Crippen molar-refractivity contribution in [3.8, 4) is 0 Å². The first-order chi connectivity index (χ1) is 19.0. The number of pyridine rings is 1. The van der Waals surface area contributed by atoms with Crippen molar-refractivity contribution >= 4 is 46.1 Å². The van der Waals surface area contributed by atoms with Gasteiger partial charge in [0.2, 0.25) is 5.95 Å². The number of anilines is 2. The van der Waals surface area contributed by atoms with Gasteiger partial charge >= 0.3 is 0 Å². The maximum absolute atomic E-state index is 13.0. The van der Waals surface area contributed by atoms with E-state index >= 15 is 0 Å². The molecule has 2 amide bonds. The highest BCUT2D eigenvalue weighted by Gasteiger charge is 2.19. The first-order valence-electron chi connectivity index (χ1n) is 12.5. The van der Waals surface area contributed by atoms with Gasteiger partial charge in [-0.15, -0.1) is 0 Å². The Labute approximate surface area is 234 Å². The average molecular weight is 565 g/mol. The second-order valence-electron chi connectivity index (χ2n) is 9.84. The minimum Gasteiger partial charge on any atom is -0.389 e. The number of hydrogen-bond donors (Lipinski definition) is 5. The zero-order valence-corrected chi connectivity index (χ0v) is 22.7. The molecule has 11 nitrogen and oxygen atoms in total. The minimum absolute atomic E-state index is 0.0946. The Morgan fingerprint density at radius 2 is 1.88 bits per heavy atom. The van der Waals surface area contributed by atoms with E-state index in [2.05, 4.69) is 25.6 Å². The van der Waals surface area contributed by atoms with Crippen molar-refractivity contribution in [1.82, 2.24) is 20.0 Å². The Balaban J connectivity index is 1.45. The summed E-state index contributed by atoms with van der Waals surface area (Å²) < 4.78 is 0. The molecule has 12 heteroatoms. The van der Waals surface area contributed by atoms with Crippen molar-refractivity contribution in [2.45, 2.75) is 32.3 Å². The van der Waals surface area contributed by atoms with Gasteiger partial charge in [0.05, 0.1) is 16.3 Å². The van der Waals surface area contributed by atoms with Crippen LogP contribution in [0.15, 0.2) is 65.6 Å². The number of aliphatic hydroxyl groups is 1. The van der Waals surface area contributed by atoms with Gasteiger partial charge in [-0.2, -0.15) is 4.98 Å². The Morgan fingerprint density at radius 1 is 1.12 bits per heavy atom. The lowest BCUT2D eigenvalue weighted by Crippen LogP contribution is -2.30. The lowest BCUT2D eigenvalue weighted by Gasteiger charge is -2.17. The number of nitrogens with one attached hydrogen (secondary N) is 3. The number of aryl methyl sites for hydroxylation is 1. The van der Waals surface area contributed by atoms with Crippen molar-refractivity contribution in [2.24, 2.45) is 0 Å². The summed E-state index contributed by atoms with van der Waals surface area (Å²) in [6.45, 7) is 3.55. The van der Waals surface area contributed by atoms with Crippen LogP contribution in [0.5, 0.6) is 0 Å². The molecule has 2 aromatic heterocycles. The minimum atomic E-state index is -0.991. The van der Waals surface area contributed by atoms with Crippen molar-refractivity contribution in [3.63, 3.8) is 0 Å². The monoisotopic (exact) mass is 564 g/mol. The molecule has 0 atom stereocenters. The summed E-state index contributed by atoms with van der Waals surface area (Å²) in [4.78, 5) is 49.4. The van der Waals surface area contributed by atoms with Gasteiger partial charge in [-0.05, 0) is 56.5 Å². The largest absolute Gasteiger partial charge is 0.389 e. The Hall–Kier alpha value is -4.32. The molecule has 0 radical (unpaired) electrons. The van der Waals surface area contributed by atoms with Crippen LogP contribution in [0.25, 0.3) is 11.0 Å². The number of aromatic nitrogens is 3. The number of amides is 2. The van der Waals surface area contributed by atoms with Crippen LogP contribution in [0.4, 0.5) is 11.6 Å². The maximum atomic E-state index is 13.0. The van der Waals surface area contributed by atoms with E-state index < -0.39 is 23.0 Å². The summed E-state index contributed by atoms with van der Waals surface area (Å²) in [6, 6.07) is 15.2. The van der Waals surface area contributed by atoms with Crippen LogP contribution < -0.4 is 16.2 Å². The third-order valence-corrected chi connectivity index (χ3v) is 6.22. The lowest BCUT2D eigenvalue weighted by atomic mass is 10.1. The fourth-order valence-electron chi connectivity index (χ4n) is 3.81. The smallest absolute Gasteiger partial charge is 0.277 e. The number of carbonyl (C=O) groups excluding carboxylic acids is 2. The standard InChI is InChI=1S/C28H29ClN6O5/c1-28(2,39)16-31-27-30-15-19-13-20(25(37)33-23(19)34-27)24(36)32-22-14-18(10-11-21(22)29)26(38)35(40)12-6-9-17-7-4-3-5-8-17/h3-5,7-8,10-11,13-15,39-40H,6,9,12,16H2,1-2H3,(H,32,36)(H2,30,31,33,34,37). The van der Waals surface area contributed by atoms with E-state index in [9.17, 15) is 24.7 Å². The Kier molecular flexibility index (Phi) is 8.78. The normalized spacial score (nSPS) is 11.3. The Morgan fingerprint density at radius 3 is 2.60 bits per heavy atom. The number of nitrogens with zero attached hydrogens (tertiary/aromatic N) is 3. The van der Waals surface area contributed by atoms with E-state index in [0.717, 1.165) is 5.56 Å². The van der Waals surface area contributed by atoms with E-state index in [0.29, 0.717) is 23.3 Å². The molecule has 0 bridgehead atoms. The number of H-pyrrole nitrogens is 1. The molecule has 4 rings (SSSR count). The first-order valence-corrected chi connectivity index (χ1v) is 12.9. The number of hydrogen-bond acceptors (Lipinski definition) is 8. The molecule has 0 fully saturated rings. The van der Waals surface area contributed by atoms with Gasteiger partial charge in [0, 0.05) is 30.2 Å². The fourth-order valence-corrected chi connectivity index (χ4v) is 3.98. The highest BCUT2D eigenvalue weighted by atomic mass is 35.5. The number of carbonyl (C=O) groups is 2. The number of halogens is 1. The van der Waals surface area contributed by atoms with Crippen LogP contribution in [-0.2, 0) is 6.42 Å². The van der Waals surface area contributed by atoms with Crippen molar-refractivity contribution < 1.29 is 19.9 Å². The van der Waals surface area contributed by atoms with Gasteiger partial charge in [0.1, 0.15) is 11.2 Å². The molecular weight excluding hydrogens is 536 g/mol. The van der Waals surface area contributed by atoms with Crippen molar-refractivity contribution in [2.75, 3.05) is 23.7 Å². The van der Waals surface area contributed by atoms with Crippen molar-refractivity contribution in [1.29, 1.82) is 0 Å². The second kappa shape index (κ2) is 12.2. The summed E-state index contributed by atoms with van der Waals surface area (Å²) >= 11 is 6.24. The molecule has 0 spiro atoms. The molecule has 40 heavy (non-hydrogen) atoms. The third-order valence-electron chi connectivity index (χ3n) is 5.89. The first kappa shape index (κ1) is 28.7. The van der Waals surface area contributed by atoms with Gasteiger partial charge < -0.3 is 20.7 Å². The molecule has 0 saturated heterocycles. The van der Waals surface area contributed by atoms with Crippen LogP contribution in [0, 0.1) is 0 Å². The maximum Gasteiger partial charge on any atom is 0.277 e. The molecular formula is C28H29ClN6O5. The van der Waals surface area contributed by atoms with Gasteiger partial charge in [-0.1, -0.05) is 41.9 Å². The molecule has 0 unspecified atom stereocenters. The van der Waals surface area contributed by atoms with Crippen LogP contribution in [0.2, 0.25) is 5.02 Å². The number of fused-ring (bicyclic) bond motifs is 1. The van der Waals surface area contributed by atoms with Crippen molar-refractivity contribution in [3.05, 3.63) is 92.9 Å². The molecule has 0 aliphatic rings. The Bertz CT molecular complexity index is 1590. The molecule has 4 aromatic rings. The topological polar surface area (TPSA) is 161 Å². The average Bonchev–Trinajstić information content (AvgIpc) is 2.92. The van der Waals surface area contributed by atoms with Gasteiger partial charge in [-0.3, -0.25) is 19.6 Å². The summed E-state index contributed by atoms with van der Waals surface area (Å²) in [5.41, 5.74) is -0.403. The molecule has 2 heterocycles. The second-order valence-corrected chi connectivity index (χ2v) is 10.2. The van der Waals surface area contributed by atoms with Gasteiger partial charge in [-0.25, -0.2) is 10.0 Å². The summed E-state index contributed by atoms with van der Waals surface area (Å²) in [6.07, 6.45) is 2.67. The summed E-state index contributed by atoms with van der Waals surface area (Å²) in [5, 5.41) is 26.7.